The average molecular weight is 556 g/mol. The second-order valence-corrected chi connectivity index (χ2v) is 9.38. The molecule has 0 aliphatic heterocycles. The fourth-order valence-electron chi connectivity index (χ4n) is 3.56. The lowest BCUT2D eigenvalue weighted by Gasteiger charge is -2.06. The Balaban J connectivity index is 1.39. The quantitative estimate of drug-likeness (QED) is 0.277. The van der Waals surface area contributed by atoms with E-state index in [1.54, 1.807) is 33.7 Å². The molecule has 0 bridgehead atoms. The molecule has 0 saturated heterocycles. The fraction of sp³-hybridized carbons (Fsp3) is 0.0833. The van der Waals surface area contributed by atoms with E-state index in [4.69, 9.17) is 23.2 Å². The number of hydrogen-bond donors (Lipinski definition) is 1. The van der Waals surface area contributed by atoms with Crippen LogP contribution in [0.1, 0.15) is 21.5 Å². The summed E-state index contributed by atoms with van der Waals surface area (Å²) in [6.07, 6.45) is 4.96. The molecule has 2 aromatic carbocycles. The first kappa shape index (κ1) is 22.6. The summed E-state index contributed by atoms with van der Waals surface area (Å²) >= 11 is 15.6. The van der Waals surface area contributed by atoms with Crippen LogP contribution in [0.3, 0.4) is 0 Å². The summed E-state index contributed by atoms with van der Waals surface area (Å²) < 4.78 is 4.01. The maximum atomic E-state index is 13.1. The third kappa shape index (κ3) is 4.44. The lowest BCUT2D eigenvalue weighted by molar-refractivity contribution is 0.102. The van der Waals surface area contributed by atoms with Crippen molar-refractivity contribution in [2.75, 3.05) is 5.32 Å². The van der Waals surface area contributed by atoms with Crippen LogP contribution in [0.15, 0.2) is 71.6 Å². The highest BCUT2D eigenvalue weighted by molar-refractivity contribution is 9.10. The first-order valence-electron chi connectivity index (χ1n) is 10.3. The number of anilines is 1. The predicted octanol–water partition coefficient (Wildman–Crippen LogP) is 6.27. The number of carbonyl (C=O) groups is 1. The topological polar surface area (TPSA) is 77.1 Å². The van der Waals surface area contributed by atoms with Crippen molar-refractivity contribution in [2.45, 2.75) is 13.5 Å². The van der Waals surface area contributed by atoms with Crippen molar-refractivity contribution in [1.82, 2.24) is 24.4 Å². The molecule has 0 unspecified atom stereocenters. The Bertz CT molecular complexity index is 1530. The molecule has 0 aliphatic carbocycles. The number of aromatic nitrogens is 5. The monoisotopic (exact) mass is 554 g/mol. The molecule has 5 rings (SSSR count). The summed E-state index contributed by atoms with van der Waals surface area (Å²) in [7, 11) is 0. The number of fused-ring (bicyclic) bond motifs is 1. The zero-order chi connectivity index (χ0) is 23.8. The summed E-state index contributed by atoms with van der Waals surface area (Å²) in [5.41, 5.74) is 4.73. The SMILES string of the molecule is Cc1ccc(-c2ccnc3c(C(=O)Nc4nn(Cc5ccc(Cl)c(Cl)c5)cc4Br)cnn23)cc1. The summed E-state index contributed by atoms with van der Waals surface area (Å²) in [6, 6.07) is 15.4. The molecule has 0 spiro atoms. The van der Waals surface area contributed by atoms with Crippen LogP contribution < -0.4 is 5.32 Å². The third-order valence-electron chi connectivity index (χ3n) is 5.27. The van der Waals surface area contributed by atoms with Gasteiger partial charge in [0.05, 0.1) is 33.0 Å². The van der Waals surface area contributed by atoms with Crippen molar-refractivity contribution in [3.05, 3.63) is 98.3 Å². The summed E-state index contributed by atoms with van der Waals surface area (Å²) in [5.74, 6) is 0.0307. The van der Waals surface area contributed by atoms with Gasteiger partial charge in [-0.3, -0.25) is 9.48 Å². The Hall–Kier alpha value is -3.20. The van der Waals surface area contributed by atoms with E-state index in [0.29, 0.717) is 38.1 Å². The highest BCUT2D eigenvalue weighted by atomic mass is 79.9. The van der Waals surface area contributed by atoms with E-state index >= 15 is 0 Å². The van der Waals surface area contributed by atoms with Crippen LogP contribution in [0.25, 0.3) is 16.9 Å². The maximum absolute atomic E-state index is 13.1. The molecule has 3 aromatic heterocycles. The molecule has 0 fully saturated rings. The van der Waals surface area contributed by atoms with Gasteiger partial charge in [0.2, 0.25) is 0 Å². The van der Waals surface area contributed by atoms with Crippen LogP contribution in [0.4, 0.5) is 5.82 Å². The first-order chi connectivity index (χ1) is 16.4. The largest absolute Gasteiger partial charge is 0.304 e. The predicted molar refractivity (Wildman–Crippen MR) is 137 cm³/mol. The number of amides is 1. The van der Waals surface area contributed by atoms with E-state index in [0.717, 1.165) is 16.8 Å². The van der Waals surface area contributed by atoms with Crippen molar-refractivity contribution in [3.63, 3.8) is 0 Å². The number of aryl methyl sites for hydroxylation is 1. The van der Waals surface area contributed by atoms with Crippen LogP contribution in [0.2, 0.25) is 10.0 Å². The molecule has 34 heavy (non-hydrogen) atoms. The summed E-state index contributed by atoms with van der Waals surface area (Å²) in [5, 5.41) is 12.7. The molecule has 1 N–H and O–H groups in total. The molecule has 0 saturated carbocycles. The number of nitrogens with one attached hydrogen (secondary N) is 1. The van der Waals surface area contributed by atoms with Gasteiger partial charge in [0.15, 0.2) is 11.5 Å². The summed E-state index contributed by atoms with van der Waals surface area (Å²) in [4.78, 5) is 17.5. The van der Waals surface area contributed by atoms with Gasteiger partial charge in [-0.15, -0.1) is 0 Å². The number of nitrogens with zero attached hydrogens (tertiary/aromatic N) is 5. The van der Waals surface area contributed by atoms with E-state index in [9.17, 15) is 4.79 Å². The van der Waals surface area contributed by atoms with E-state index in [1.807, 2.05) is 43.3 Å². The number of hydrogen-bond acceptors (Lipinski definition) is 4. The average Bonchev–Trinajstić information content (AvgIpc) is 3.40. The first-order valence-corrected chi connectivity index (χ1v) is 11.8. The number of rotatable bonds is 5. The van der Waals surface area contributed by atoms with Gasteiger partial charge in [-0.1, -0.05) is 59.1 Å². The van der Waals surface area contributed by atoms with E-state index in [2.05, 4.69) is 36.4 Å². The Labute approximate surface area is 213 Å². The Morgan fingerprint density at radius 3 is 2.65 bits per heavy atom. The molecule has 7 nitrogen and oxygen atoms in total. The minimum Gasteiger partial charge on any atom is -0.304 e. The van der Waals surface area contributed by atoms with Gasteiger partial charge in [-0.2, -0.15) is 10.2 Å². The van der Waals surface area contributed by atoms with Crippen LogP contribution in [0, 0.1) is 6.92 Å². The van der Waals surface area contributed by atoms with E-state index in [-0.39, 0.29) is 5.91 Å². The molecule has 5 aromatic rings. The van der Waals surface area contributed by atoms with E-state index < -0.39 is 0 Å². The van der Waals surface area contributed by atoms with Gasteiger partial charge >= 0.3 is 0 Å². The zero-order valence-electron chi connectivity index (χ0n) is 17.8. The van der Waals surface area contributed by atoms with Crippen LogP contribution >= 0.6 is 39.1 Å². The zero-order valence-corrected chi connectivity index (χ0v) is 20.9. The molecule has 0 radical (unpaired) electrons. The second kappa shape index (κ2) is 9.21. The van der Waals surface area contributed by atoms with Crippen LogP contribution in [-0.4, -0.2) is 30.3 Å². The van der Waals surface area contributed by atoms with Gasteiger partial charge < -0.3 is 5.32 Å². The molecule has 1 amide bonds. The number of halogens is 3. The van der Waals surface area contributed by atoms with Gasteiger partial charge in [-0.05, 0) is 46.6 Å². The minimum absolute atomic E-state index is 0.347. The van der Waals surface area contributed by atoms with Crippen molar-refractivity contribution < 1.29 is 4.79 Å². The lowest BCUT2D eigenvalue weighted by atomic mass is 10.1. The second-order valence-electron chi connectivity index (χ2n) is 7.72. The molecule has 170 valence electrons. The molecular weight excluding hydrogens is 539 g/mol. The molecular formula is C24H17BrCl2N6O. The number of benzene rings is 2. The molecule has 0 atom stereocenters. The maximum Gasteiger partial charge on any atom is 0.262 e. The van der Waals surface area contributed by atoms with E-state index in [1.165, 1.54) is 11.8 Å². The Morgan fingerprint density at radius 1 is 1.09 bits per heavy atom. The van der Waals surface area contributed by atoms with Crippen molar-refractivity contribution in [1.29, 1.82) is 0 Å². The molecule has 0 aliphatic rings. The van der Waals surface area contributed by atoms with Crippen molar-refractivity contribution in [2.24, 2.45) is 0 Å². The standard InChI is InChI=1S/C24H17BrCl2N6O/c1-14-2-5-16(6-3-14)21-8-9-28-23-17(11-29-33(21)23)24(34)30-22-18(25)13-32(31-22)12-15-4-7-19(26)20(27)10-15/h2-11,13H,12H2,1H3,(H,30,31,34). The number of carbonyl (C=O) groups excluding carboxylic acids is 1. The molecule has 10 heteroatoms. The fourth-order valence-corrected chi connectivity index (χ4v) is 4.29. The van der Waals surface area contributed by atoms with Gasteiger partial charge in [0.25, 0.3) is 5.91 Å². The smallest absolute Gasteiger partial charge is 0.262 e. The molecule has 3 heterocycles. The Kier molecular flexibility index (Phi) is 6.12. The third-order valence-corrected chi connectivity index (χ3v) is 6.59. The van der Waals surface area contributed by atoms with Crippen LogP contribution in [-0.2, 0) is 6.54 Å². The summed E-state index contributed by atoms with van der Waals surface area (Å²) in [6.45, 7) is 2.50. The minimum atomic E-state index is -0.357. The highest BCUT2D eigenvalue weighted by Gasteiger charge is 2.19. The van der Waals surface area contributed by atoms with Gasteiger partial charge in [-0.25, -0.2) is 9.50 Å². The highest BCUT2D eigenvalue weighted by Crippen LogP contribution is 2.26. The van der Waals surface area contributed by atoms with Gasteiger partial charge in [0, 0.05) is 18.0 Å². The van der Waals surface area contributed by atoms with Crippen molar-refractivity contribution in [3.8, 4) is 11.3 Å². The lowest BCUT2D eigenvalue weighted by Crippen LogP contribution is -2.13. The normalized spacial score (nSPS) is 11.2. The van der Waals surface area contributed by atoms with Crippen molar-refractivity contribution >= 4 is 56.5 Å². The van der Waals surface area contributed by atoms with Crippen LogP contribution in [0.5, 0.6) is 0 Å². The van der Waals surface area contributed by atoms with Gasteiger partial charge in [0.1, 0.15) is 5.56 Å². The Morgan fingerprint density at radius 2 is 1.88 bits per heavy atom.